The molecule has 1 heterocycles. The number of esters is 1. The molecule has 0 amide bonds. The Bertz CT molecular complexity index is 630. The third-order valence-corrected chi connectivity index (χ3v) is 2.99. The summed E-state index contributed by atoms with van der Waals surface area (Å²) in [6.45, 7) is 1.39. The first-order chi connectivity index (χ1) is 9.24. The van der Waals surface area contributed by atoms with Gasteiger partial charge in [-0.05, 0) is 35.4 Å². The van der Waals surface area contributed by atoms with Crippen molar-refractivity contribution in [2.45, 2.75) is 13.0 Å². The van der Waals surface area contributed by atoms with Gasteiger partial charge in [0, 0.05) is 6.92 Å². The van der Waals surface area contributed by atoms with Crippen molar-refractivity contribution in [3.8, 4) is 5.75 Å². The second-order valence-electron chi connectivity index (χ2n) is 4.45. The molecule has 94 valence electrons. The van der Waals surface area contributed by atoms with Gasteiger partial charge in [-0.25, -0.2) is 0 Å². The maximum absolute atomic E-state index is 10.8. The van der Waals surface area contributed by atoms with E-state index < -0.39 is 0 Å². The molecule has 0 N–H and O–H groups in total. The van der Waals surface area contributed by atoms with Crippen molar-refractivity contribution in [2.24, 2.45) is 4.99 Å². The Labute approximate surface area is 111 Å². The molecule has 0 saturated heterocycles. The highest BCUT2D eigenvalue weighted by Crippen LogP contribution is 2.35. The number of hydrogen-bond acceptors (Lipinski definition) is 3. The van der Waals surface area contributed by atoms with Gasteiger partial charge in [0.15, 0.2) is 0 Å². The zero-order chi connectivity index (χ0) is 13.2. The lowest BCUT2D eigenvalue weighted by atomic mass is 10.0. The van der Waals surface area contributed by atoms with Crippen molar-refractivity contribution >= 4 is 11.7 Å². The minimum atomic E-state index is -0.307. The standard InChI is InChI=1S/C16H13NO2/c1-11(18)19-14-9-7-13(8-10-14)16-15(17-16)12-5-3-2-4-6-12/h2-10,15H,1H3. The average Bonchev–Trinajstić information content (AvgIpc) is 3.20. The summed E-state index contributed by atoms with van der Waals surface area (Å²) in [4.78, 5) is 15.3. The van der Waals surface area contributed by atoms with E-state index >= 15 is 0 Å². The molecule has 1 aliphatic rings. The number of carbonyl (C=O) groups is 1. The Kier molecular flexibility index (Phi) is 2.88. The topological polar surface area (TPSA) is 38.7 Å². The summed E-state index contributed by atoms with van der Waals surface area (Å²) in [5.41, 5.74) is 3.37. The lowest BCUT2D eigenvalue weighted by Crippen LogP contribution is -2.01. The van der Waals surface area contributed by atoms with Crippen LogP contribution in [0.4, 0.5) is 0 Å². The normalized spacial score (nSPS) is 16.7. The molecule has 0 spiro atoms. The third kappa shape index (κ3) is 2.55. The summed E-state index contributed by atoms with van der Waals surface area (Å²) < 4.78 is 5.00. The smallest absolute Gasteiger partial charge is 0.308 e. The second-order valence-corrected chi connectivity index (χ2v) is 4.45. The molecule has 0 aromatic heterocycles. The molecule has 3 nitrogen and oxygen atoms in total. The number of nitrogens with zero attached hydrogens (tertiary/aromatic N) is 1. The molecule has 19 heavy (non-hydrogen) atoms. The highest BCUT2D eigenvalue weighted by atomic mass is 16.5. The van der Waals surface area contributed by atoms with Gasteiger partial charge in [0.1, 0.15) is 11.8 Å². The quantitative estimate of drug-likeness (QED) is 0.621. The molecule has 1 unspecified atom stereocenters. The van der Waals surface area contributed by atoms with E-state index in [0.29, 0.717) is 5.75 Å². The number of rotatable bonds is 3. The summed E-state index contributed by atoms with van der Waals surface area (Å²) in [5.74, 6) is 0.257. The van der Waals surface area contributed by atoms with Crippen LogP contribution in [0.5, 0.6) is 5.75 Å². The molecule has 1 atom stereocenters. The Morgan fingerprint density at radius 2 is 1.74 bits per heavy atom. The summed E-state index contributed by atoms with van der Waals surface area (Å²) in [5, 5.41) is 0. The van der Waals surface area contributed by atoms with Crippen LogP contribution >= 0.6 is 0 Å². The lowest BCUT2D eigenvalue weighted by Gasteiger charge is -2.02. The highest BCUT2D eigenvalue weighted by molar-refractivity contribution is 6.13. The highest BCUT2D eigenvalue weighted by Gasteiger charge is 2.30. The number of hydrogen-bond donors (Lipinski definition) is 0. The number of ether oxygens (including phenoxy) is 1. The molecule has 1 aliphatic heterocycles. The first-order valence-corrected chi connectivity index (χ1v) is 6.15. The molecule has 2 aromatic carbocycles. The summed E-state index contributed by atoms with van der Waals surface area (Å²) in [6.07, 6.45) is 0. The van der Waals surface area contributed by atoms with Crippen molar-refractivity contribution in [3.05, 3.63) is 65.7 Å². The van der Waals surface area contributed by atoms with Gasteiger partial charge in [-0.2, -0.15) is 0 Å². The second kappa shape index (κ2) is 4.69. The van der Waals surface area contributed by atoms with Gasteiger partial charge in [-0.15, -0.1) is 0 Å². The molecule has 0 radical (unpaired) electrons. The van der Waals surface area contributed by atoms with Gasteiger partial charge >= 0.3 is 5.97 Å². The first-order valence-electron chi connectivity index (χ1n) is 6.15. The molecular weight excluding hydrogens is 238 g/mol. The molecular formula is C16H13NO2. The van der Waals surface area contributed by atoms with Crippen molar-refractivity contribution in [2.75, 3.05) is 0 Å². The van der Waals surface area contributed by atoms with Crippen LogP contribution in [-0.2, 0) is 4.79 Å². The van der Waals surface area contributed by atoms with Crippen LogP contribution in [0.3, 0.4) is 0 Å². The monoisotopic (exact) mass is 251 g/mol. The fourth-order valence-corrected chi connectivity index (χ4v) is 2.06. The van der Waals surface area contributed by atoms with E-state index in [1.807, 2.05) is 30.3 Å². The van der Waals surface area contributed by atoms with E-state index in [2.05, 4.69) is 17.1 Å². The van der Waals surface area contributed by atoms with Crippen molar-refractivity contribution in [1.82, 2.24) is 0 Å². The van der Waals surface area contributed by atoms with Gasteiger partial charge in [0.05, 0.1) is 5.71 Å². The molecule has 3 rings (SSSR count). The summed E-state index contributed by atoms with van der Waals surface area (Å²) in [6, 6.07) is 17.8. The van der Waals surface area contributed by atoms with E-state index in [4.69, 9.17) is 4.74 Å². The summed E-state index contributed by atoms with van der Waals surface area (Å²) >= 11 is 0. The van der Waals surface area contributed by atoms with Gasteiger partial charge in [-0.1, -0.05) is 30.3 Å². The molecule has 2 aromatic rings. The Balaban J connectivity index is 1.72. The predicted molar refractivity (Wildman–Crippen MR) is 73.5 cm³/mol. The Morgan fingerprint density at radius 1 is 1.05 bits per heavy atom. The maximum atomic E-state index is 10.8. The van der Waals surface area contributed by atoms with Crippen LogP contribution in [0.25, 0.3) is 0 Å². The van der Waals surface area contributed by atoms with Crippen LogP contribution in [0.1, 0.15) is 24.1 Å². The van der Waals surface area contributed by atoms with E-state index in [0.717, 1.165) is 11.3 Å². The van der Waals surface area contributed by atoms with E-state index in [-0.39, 0.29) is 12.0 Å². The fraction of sp³-hybridized carbons (Fsp3) is 0.125. The van der Waals surface area contributed by atoms with Crippen LogP contribution < -0.4 is 4.74 Å². The van der Waals surface area contributed by atoms with E-state index in [1.165, 1.54) is 12.5 Å². The van der Waals surface area contributed by atoms with Crippen LogP contribution in [-0.4, -0.2) is 11.7 Å². The van der Waals surface area contributed by atoms with Gasteiger partial charge < -0.3 is 4.74 Å². The average molecular weight is 251 g/mol. The number of carbonyl (C=O) groups excluding carboxylic acids is 1. The lowest BCUT2D eigenvalue weighted by molar-refractivity contribution is -0.131. The van der Waals surface area contributed by atoms with Crippen LogP contribution in [0.15, 0.2) is 59.6 Å². The Hall–Kier alpha value is -2.42. The molecule has 0 saturated carbocycles. The van der Waals surface area contributed by atoms with E-state index in [1.54, 1.807) is 12.1 Å². The molecule has 3 heteroatoms. The van der Waals surface area contributed by atoms with Crippen LogP contribution in [0.2, 0.25) is 0 Å². The fourth-order valence-electron chi connectivity index (χ4n) is 2.06. The molecule has 0 bridgehead atoms. The van der Waals surface area contributed by atoms with Crippen molar-refractivity contribution < 1.29 is 9.53 Å². The van der Waals surface area contributed by atoms with Gasteiger partial charge in [0.2, 0.25) is 0 Å². The first kappa shape index (κ1) is 11.7. The zero-order valence-corrected chi connectivity index (χ0v) is 10.5. The minimum Gasteiger partial charge on any atom is -0.427 e. The number of benzene rings is 2. The van der Waals surface area contributed by atoms with Gasteiger partial charge in [-0.3, -0.25) is 9.79 Å². The largest absolute Gasteiger partial charge is 0.427 e. The van der Waals surface area contributed by atoms with Crippen LogP contribution in [0, 0.1) is 0 Å². The molecule has 0 aliphatic carbocycles. The predicted octanol–water partition coefficient (Wildman–Crippen LogP) is 3.16. The summed E-state index contributed by atoms with van der Waals surface area (Å²) in [7, 11) is 0. The van der Waals surface area contributed by atoms with Crippen molar-refractivity contribution in [3.63, 3.8) is 0 Å². The van der Waals surface area contributed by atoms with Crippen molar-refractivity contribution in [1.29, 1.82) is 0 Å². The molecule has 0 fully saturated rings. The number of aliphatic imine (C=N–C) groups is 1. The Morgan fingerprint density at radius 3 is 2.37 bits per heavy atom. The van der Waals surface area contributed by atoms with Gasteiger partial charge in [0.25, 0.3) is 0 Å². The van der Waals surface area contributed by atoms with E-state index in [9.17, 15) is 4.79 Å². The zero-order valence-electron chi connectivity index (χ0n) is 10.5. The SMILES string of the molecule is CC(=O)Oc1ccc(C2=NC2c2ccccc2)cc1. The third-order valence-electron chi connectivity index (χ3n) is 2.99. The minimum absolute atomic E-state index is 0.181. The maximum Gasteiger partial charge on any atom is 0.308 e.